The van der Waals surface area contributed by atoms with E-state index in [9.17, 15) is 14.4 Å². The fourth-order valence-electron chi connectivity index (χ4n) is 8.65. The Morgan fingerprint density at radius 1 is 0.299 bits per heavy atom. The van der Waals surface area contributed by atoms with Crippen LogP contribution in [0.15, 0.2) is 36.5 Å². The first-order valence-corrected chi connectivity index (χ1v) is 29.5. The molecule has 0 bridgehead atoms. The lowest BCUT2D eigenvalue weighted by Crippen LogP contribution is -2.30. The highest BCUT2D eigenvalue weighted by Gasteiger charge is 2.19. The van der Waals surface area contributed by atoms with E-state index < -0.39 is 6.10 Å². The van der Waals surface area contributed by atoms with Gasteiger partial charge in [-0.2, -0.15) is 0 Å². The van der Waals surface area contributed by atoms with Crippen LogP contribution in [-0.4, -0.2) is 37.2 Å². The summed E-state index contributed by atoms with van der Waals surface area (Å²) in [6.45, 7) is 6.64. The van der Waals surface area contributed by atoms with Gasteiger partial charge >= 0.3 is 17.9 Å². The lowest BCUT2D eigenvalue weighted by atomic mass is 10.1. The van der Waals surface area contributed by atoms with E-state index in [-0.39, 0.29) is 31.1 Å². The highest BCUT2D eigenvalue weighted by atomic mass is 16.6. The van der Waals surface area contributed by atoms with Crippen LogP contribution in [0.2, 0.25) is 0 Å². The summed E-state index contributed by atoms with van der Waals surface area (Å²) >= 11 is 0. The second kappa shape index (κ2) is 56.2. The Morgan fingerprint density at radius 3 is 0.866 bits per heavy atom. The third-order valence-corrected chi connectivity index (χ3v) is 13.1. The molecule has 0 saturated heterocycles. The molecule has 0 aliphatic rings. The Labute approximate surface area is 416 Å². The van der Waals surface area contributed by atoms with Gasteiger partial charge in [0, 0.05) is 19.3 Å². The van der Waals surface area contributed by atoms with Gasteiger partial charge in [0.05, 0.1) is 0 Å². The van der Waals surface area contributed by atoms with Crippen molar-refractivity contribution in [3.63, 3.8) is 0 Å². The third-order valence-electron chi connectivity index (χ3n) is 13.1. The maximum Gasteiger partial charge on any atom is 0.306 e. The van der Waals surface area contributed by atoms with Crippen LogP contribution >= 0.6 is 0 Å². The summed E-state index contributed by atoms with van der Waals surface area (Å²) < 4.78 is 16.9. The van der Waals surface area contributed by atoms with E-state index in [2.05, 4.69) is 57.2 Å². The number of allylic oxidation sites excluding steroid dienone is 6. The quantitative estimate of drug-likeness (QED) is 0.0262. The molecule has 0 aliphatic heterocycles. The van der Waals surface area contributed by atoms with Gasteiger partial charge in [-0.05, 0) is 77.0 Å². The normalized spacial score (nSPS) is 12.2. The minimum absolute atomic E-state index is 0.0705. The molecule has 0 amide bonds. The van der Waals surface area contributed by atoms with Crippen LogP contribution in [0.3, 0.4) is 0 Å². The summed E-state index contributed by atoms with van der Waals surface area (Å²) in [7, 11) is 0. The predicted octanol–water partition coefficient (Wildman–Crippen LogP) is 19.7. The van der Waals surface area contributed by atoms with Crippen LogP contribution < -0.4 is 0 Å². The van der Waals surface area contributed by atoms with E-state index in [0.717, 1.165) is 64.2 Å². The van der Waals surface area contributed by atoms with E-state index in [1.165, 1.54) is 212 Å². The standard InChI is InChI=1S/C61H112O6/c1-4-7-10-13-16-19-22-24-26-28-30-32-34-36-39-42-45-48-51-54-60(63)66-57-58(56-65-59(62)53-50-47-44-41-38-21-18-15-12-9-6-3)67-61(64)55-52-49-46-43-40-37-35-33-31-29-27-25-23-20-17-14-11-8-5-2/h16,19,24-27,58H,4-15,17-18,20-23,28-57H2,1-3H3/b19-16-,26-24-,27-25-/t58-/m0/s1. The van der Waals surface area contributed by atoms with E-state index >= 15 is 0 Å². The monoisotopic (exact) mass is 941 g/mol. The van der Waals surface area contributed by atoms with Crippen molar-refractivity contribution in [3.05, 3.63) is 36.5 Å². The van der Waals surface area contributed by atoms with Gasteiger partial charge in [-0.3, -0.25) is 14.4 Å². The molecule has 0 aromatic heterocycles. The van der Waals surface area contributed by atoms with Crippen molar-refractivity contribution in [2.24, 2.45) is 0 Å². The summed E-state index contributed by atoms with van der Waals surface area (Å²) in [5.41, 5.74) is 0. The fourth-order valence-corrected chi connectivity index (χ4v) is 8.65. The summed E-state index contributed by atoms with van der Waals surface area (Å²) in [6.07, 6.45) is 67.0. The number of esters is 3. The SMILES string of the molecule is CCCCC/C=C\C/C=C\CCCCCCCCCCCC(=O)OC[C@H](COC(=O)CCCCCCCCCCCCC)OC(=O)CCCCCCCCCCC/C=C\CCCCCCCC. The number of hydrogen-bond donors (Lipinski definition) is 0. The second-order valence-corrected chi connectivity index (χ2v) is 19.9. The molecule has 0 aromatic carbocycles. The lowest BCUT2D eigenvalue weighted by molar-refractivity contribution is -0.167. The summed E-state index contributed by atoms with van der Waals surface area (Å²) in [4.78, 5) is 38.1. The van der Waals surface area contributed by atoms with E-state index in [0.29, 0.717) is 19.3 Å². The molecule has 0 saturated carbocycles. The Kier molecular flexibility index (Phi) is 54.2. The van der Waals surface area contributed by atoms with Gasteiger partial charge in [-0.25, -0.2) is 0 Å². The molecule has 0 fully saturated rings. The van der Waals surface area contributed by atoms with Crippen LogP contribution in [0.25, 0.3) is 0 Å². The van der Waals surface area contributed by atoms with Gasteiger partial charge in [0.1, 0.15) is 13.2 Å². The molecule has 0 radical (unpaired) electrons. The van der Waals surface area contributed by atoms with Gasteiger partial charge in [0.2, 0.25) is 0 Å². The molecule has 0 aliphatic carbocycles. The average Bonchev–Trinajstić information content (AvgIpc) is 3.33. The zero-order chi connectivity index (χ0) is 48.6. The van der Waals surface area contributed by atoms with Gasteiger partial charge in [-0.1, -0.05) is 256 Å². The summed E-state index contributed by atoms with van der Waals surface area (Å²) in [6, 6.07) is 0. The summed E-state index contributed by atoms with van der Waals surface area (Å²) in [5.74, 6) is -0.860. The number of hydrogen-bond acceptors (Lipinski definition) is 6. The Balaban J connectivity index is 4.30. The first-order chi connectivity index (χ1) is 33.0. The van der Waals surface area contributed by atoms with E-state index in [1.807, 2.05) is 0 Å². The first-order valence-electron chi connectivity index (χ1n) is 29.5. The topological polar surface area (TPSA) is 78.9 Å². The molecule has 6 heteroatoms. The van der Waals surface area contributed by atoms with Crippen molar-refractivity contribution in [2.45, 2.75) is 322 Å². The predicted molar refractivity (Wildman–Crippen MR) is 289 cm³/mol. The minimum Gasteiger partial charge on any atom is -0.462 e. The molecule has 0 rings (SSSR count). The zero-order valence-electron chi connectivity index (χ0n) is 44.9. The van der Waals surface area contributed by atoms with Gasteiger partial charge < -0.3 is 14.2 Å². The van der Waals surface area contributed by atoms with Gasteiger partial charge in [-0.15, -0.1) is 0 Å². The molecule has 0 heterocycles. The van der Waals surface area contributed by atoms with Crippen molar-refractivity contribution in [1.82, 2.24) is 0 Å². The minimum atomic E-state index is -0.771. The Bertz CT molecular complexity index is 1130. The van der Waals surface area contributed by atoms with Crippen molar-refractivity contribution in [2.75, 3.05) is 13.2 Å². The van der Waals surface area contributed by atoms with Crippen LogP contribution in [0.5, 0.6) is 0 Å². The molecule has 0 aromatic rings. The van der Waals surface area contributed by atoms with Gasteiger partial charge in [0.15, 0.2) is 6.10 Å². The maximum absolute atomic E-state index is 12.9. The van der Waals surface area contributed by atoms with Crippen LogP contribution in [0.1, 0.15) is 316 Å². The largest absolute Gasteiger partial charge is 0.462 e. The average molecular weight is 942 g/mol. The number of carbonyl (C=O) groups is 3. The maximum atomic E-state index is 12.9. The lowest BCUT2D eigenvalue weighted by Gasteiger charge is -2.18. The molecule has 1 atom stereocenters. The van der Waals surface area contributed by atoms with Crippen LogP contribution in [0.4, 0.5) is 0 Å². The zero-order valence-corrected chi connectivity index (χ0v) is 44.9. The second-order valence-electron chi connectivity index (χ2n) is 19.9. The molecule has 0 N–H and O–H groups in total. The molecule has 392 valence electrons. The van der Waals surface area contributed by atoms with Crippen molar-refractivity contribution >= 4 is 17.9 Å². The highest BCUT2D eigenvalue weighted by Crippen LogP contribution is 2.16. The van der Waals surface area contributed by atoms with Crippen molar-refractivity contribution in [3.8, 4) is 0 Å². The smallest absolute Gasteiger partial charge is 0.306 e. The van der Waals surface area contributed by atoms with E-state index in [1.54, 1.807) is 0 Å². The molecular weight excluding hydrogens is 829 g/mol. The first kappa shape index (κ1) is 64.6. The number of unbranched alkanes of at least 4 members (excludes halogenated alkanes) is 37. The highest BCUT2D eigenvalue weighted by molar-refractivity contribution is 5.71. The number of carbonyl (C=O) groups excluding carboxylic acids is 3. The summed E-state index contributed by atoms with van der Waals surface area (Å²) in [5, 5.41) is 0. The molecule has 6 nitrogen and oxygen atoms in total. The number of ether oxygens (including phenoxy) is 3. The third kappa shape index (κ3) is 54.4. The van der Waals surface area contributed by atoms with Crippen LogP contribution in [0, 0.1) is 0 Å². The van der Waals surface area contributed by atoms with Gasteiger partial charge in [0.25, 0.3) is 0 Å². The molecular formula is C61H112O6. The van der Waals surface area contributed by atoms with Crippen LogP contribution in [-0.2, 0) is 28.6 Å². The van der Waals surface area contributed by atoms with Crippen molar-refractivity contribution in [1.29, 1.82) is 0 Å². The Morgan fingerprint density at radius 2 is 0.537 bits per heavy atom. The molecule has 0 spiro atoms. The Hall–Kier alpha value is -2.37. The van der Waals surface area contributed by atoms with Crippen molar-refractivity contribution < 1.29 is 28.6 Å². The fraction of sp³-hybridized carbons (Fsp3) is 0.852. The number of rotatable bonds is 54. The molecule has 0 unspecified atom stereocenters. The van der Waals surface area contributed by atoms with E-state index in [4.69, 9.17) is 14.2 Å². The molecule has 67 heavy (non-hydrogen) atoms.